The average Bonchev–Trinajstić information content (AvgIpc) is 2.54. The van der Waals surface area contributed by atoms with Gasteiger partial charge in [-0.05, 0) is 30.5 Å². The molecule has 1 aromatic carbocycles. The van der Waals surface area contributed by atoms with E-state index in [1.165, 1.54) is 5.56 Å². The predicted octanol–water partition coefficient (Wildman–Crippen LogP) is 1.96. The summed E-state index contributed by atoms with van der Waals surface area (Å²) in [6.45, 7) is 3.70. The van der Waals surface area contributed by atoms with E-state index in [2.05, 4.69) is 17.1 Å². The molecule has 4 heteroatoms. The minimum Gasteiger partial charge on any atom is -0.341 e. The number of hydrogen-bond acceptors (Lipinski definition) is 3. The van der Waals surface area contributed by atoms with Crippen LogP contribution >= 0.6 is 0 Å². The molecule has 0 atom stereocenters. The number of carbonyl (C=O) groups excluding carboxylic acids is 1. The maximum Gasteiger partial charge on any atom is 0.227 e. The molecular weight excluding hydrogens is 274 g/mol. The van der Waals surface area contributed by atoms with Gasteiger partial charge in [0.2, 0.25) is 5.91 Å². The number of carbonyl (C=O) groups is 1. The van der Waals surface area contributed by atoms with Crippen LogP contribution in [0.5, 0.6) is 0 Å². The van der Waals surface area contributed by atoms with Gasteiger partial charge in [-0.25, -0.2) is 0 Å². The number of nitrogens with two attached hydrogens (primary N) is 1. The molecule has 0 unspecified atom stereocenters. The molecule has 2 aromatic rings. The summed E-state index contributed by atoms with van der Waals surface area (Å²) in [5.74, 6) is 0.104. The van der Waals surface area contributed by atoms with Crippen molar-refractivity contribution in [3.63, 3.8) is 0 Å². The monoisotopic (exact) mass is 297 g/mol. The summed E-state index contributed by atoms with van der Waals surface area (Å²) in [7, 11) is 0. The van der Waals surface area contributed by atoms with Crippen molar-refractivity contribution in [3.05, 3.63) is 65.5 Å². The number of nitrogens with zero attached hydrogens (tertiary/aromatic N) is 2. The maximum atomic E-state index is 12.5. The van der Waals surface area contributed by atoms with E-state index in [-0.39, 0.29) is 5.91 Å². The third kappa shape index (κ3) is 4.97. The molecule has 116 valence electrons. The predicted molar refractivity (Wildman–Crippen MR) is 88.5 cm³/mol. The molecule has 22 heavy (non-hydrogen) atoms. The highest BCUT2D eigenvalue weighted by Gasteiger charge is 2.13. The minimum absolute atomic E-state index is 0.104. The van der Waals surface area contributed by atoms with Gasteiger partial charge in [-0.2, -0.15) is 0 Å². The molecule has 0 aliphatic carbocycles. The van der Waals surface area contributed by atoms with Gasteiger partial charge in [0.15, 0.2) is 0 Å². The van der Waals surface area contributed by atoms with Crippen molar-refractivity contribution >= 4 is 5.91 Å². The second-order valence-corrected chi connectivity index (χ2v) is 5.39. The van der Waals surface area contributed by atoms with E-state index in [1.54, 1.807) is 6.20 Å². The largest absolute Gasteiger partial charge is 0.341 e. The molecule has 1 heterocycles. The van der Waals surface area contributed by atoms with Gasteiger partial charge in [-0.15, -0.1) is 0 Å². The molecule has 1 amide bonds. The summed E-state index contributed by atoms with van der Waals surface area (Å²) < 4.78 is 0. The Morgan fingerprint density at radius 1 is 1.09 bits per heavy atom. The van der Waals surface area contributed by atoms with Crippen LogP contribution in [-0.4, -0.2) is 35.4 Å². The number of amides is 1. The Morgan fingerprint density at radius 3 is 2.50 bits per heavy atom. The van der Waals surface area contributed by atoms with Gasteiger partial charge in [0.05, 0.1) is 6.42 Å². The highest BCUT2D eigenvalue weighted by atomic mass is 16.2. The molecule has 0 aliphatic rings. The molecule has 4 nitrogen and oxygen atoms in total. The molecule has 0 fully saturated rings. The van der Waals surface area contributed by atoms with Gasteiger partial charge in [-0.1, -0.05) is 36.4 Å². The lowest BCUT2D eigenvalue weighted by molar-refractivity contribution is -0.130. The van der Waals surface area contributed by atoms with Crippen molar-refractivity contribution in [3.8, 4) is 0 Å². The van der Waals surface area contributed by atoms with Crippen LogP contribution in [0.15, 0.2) is 48.7 Å². The molecule has 0 bridgehead atoms. The maximum absolute atomic E-state index is 12.5. The smallest absolute Gasteiger partial charge is 0.227 e. The van der Waals surface area contributed by atoms with Crippen LogP contribution in [0.2, 0.25) is 0 Å². The Hall–Kier alpha value is -2.20. The van der Waals surface area contributed by atoms with Gasteiger partial charge in [0.1, 0.15) is 0 Å². The standard InChI is InChI=1S/C18H23N3O/c1-15-7-8-17(14-20-15)13-18(22)21(12-10-19)11-9-16-5-3-2-4-6-16/h2-8,14H,9-13,19H2,1H3. The first-order valence-corrected chi connectivity index (χ1v) is 7.62. The third-order valence-electron chi connectivity index (χ3n) is 3.59. The number of hydrogen-bond donors (Lipinski definition) is 1. The second kappa shape index (κ2) is 8.29. The Kier molecular flexibility index (Phi) is 6.10. The molecule has 0 saturated heterocycles. The average molecular weight is 297 g/mol. The van der Waals surface area contributed by atoms with Crippen LogP contribution in [0.1, 0.15) is 16.8 Å². The van der Waals surface area contributed by atoms with Gasteiger partial charge in [0, 0.05) is 31.5 Å². The van der Waals surface area contributed by atoms with Crippen LogP contribution in [0, 0.1) is 6.92 Å². The zero-order valence-electron chi connectivity index (χ0n) is 13.0. The van der Waals surface area contributed by atoms with E-state index in [0.29, 0.717) is 26.1 Å². The van der Waals surface area contributed by atoms with Gasteiger partial charge >= 0.3 is 0 Å². The molecule has 2 N–H and O–H groups in total. The van der Waals surface area contributed by atoms with E-state index in [1.807, 2.05) is 42.2 Å². The number of aromatic nitrogens is 1. The highest BCUT2D eigenvalue weighted by molar-refractivity contribution is 5.78. The van der Waals surface area contributed by atoms with E-state index in [0.717, 1.165) is 17.7 Å². The van der Waals surface area contributed by atoms with Crippen LogP contribution < -0.4 is 5.73 Å². The van der Waals surface area contributed by atoms with Crippen LogP contribution in [0.4, 0.5) is 0 Å². The van der Waals surface area contributed by atoms with Crippen molar-refractivity contribution in [2.24, 2.45) is 5.73 Å². The normalized spacial score (nSPS) is 10.5. The highest BCUT2D eigenvalue weighted by Crippen LogP contribution is 2.06. The van der Waals surface area contributed by atoms with E-state index in [4.69, 9.17) is 5.73 Å². The lowest BCUT2D eigenvalue weighted by atomic mass is 10.1. The van der Waals surface area contributed by atoms with Gasteiger partial charge in [0.25, 0.3) is 0 Å². The molecule has 2 rings (SSSR count). The van der Waals surface area contributed by atoms with E-state index >= 15 is 0 Å². The number of pyridine rings is 1. The fourth-order valence-electron chi connectivity index (χ4n) is 2.32. The minimum atomic E-state index is 0.104. The summed E-state index contributed by atoms with van der Waals surface area (Å²) in [5.41, 5.74) is 8.77. The third-order valence-corrected chi connectivity index (χ3v) is 3.59. The number of rotatable bonds is 7. The molecule has 0 saturated carbocycles. The Morgan fingerprint density at radius 2 is 1.86 bits per heavy atom. The number of aryl methyl sites for hydroxylation is 1. The second-order valence-electron chi connectivity index (χ2n) is 5.39. The summed E-state index contributed by atoms with van der Waals surface area (Å²) in [6, 6.07) is 14.1. The first-order chi connectivity index (χ1) is 10.7. The fraction of sp³-hybridized carbons (Fsp3) is 0.333. The van der Waals surface area contributed by atoms with Crippen molar-refractivity contribution < 1.29 is 4.79 Å². The fourth-order valence-corrected chi connectivity index (χ4v) is 2.32. The topological polar surface area (TPSA) is 59.2 Å². The first kappa shape index (κ1) is 16.2. The summed E-state index contributed by atoms with van der Waals surface area (Å²) in [6.07, 6.45) is 2.99. The molecule has 0 spiro atoms. The SMILES string of the molecule is Cc1ccc(CC(=O)N(CCN)CCc2ccccc2)cn1. The van der Waals surface area contributed by atoms with Crippen LogP contribution in [-0.2, 0) is 17.6 Å². The molecule has 0 radical (unpaired) electrons. The van der Waals surface area contributed by atoms with E-state index < -0.39 is 0 Å². The van der Waals surface area contributed by atoms with Crippen molar-refractivity contribution in [1.82, 2.24) is 9.88 Å². The zero-order valence-corrected chi connectivity index (χ0v) is 13.0. The quantitative estimate of drug-likeness (QED) is 0.850. The van der Waals surface area contributed by atoms with Crippen molar-refractivity contribution in [2.75, 3.05) is 19.6 Å². The summed E-state index contributed by atoms with van der Waals surface area (Å²) >= 11 is 0. The zero-order chi connectivity index (χ0) is 15.8. The van der Waals surface area contributed by atoms with Gasteiger partial charge in [-0.3, -0.25) is 9.78 Å². The van der Waals surface area contributed by atoms with Gasteiger partial charge < -0.3 is 10.6 Å². The molecule has 1 aromatic heterocycles. The molecule has 0 aliphatic heterocycles. The summed E-state index contributed by atoms with van der Waals surface area (Å²) in [5, 5.41) is 0. The lowest BCUT2D eigenvalue weighted by Gasteiger charge is -2.22. The van der Waals surface area contributed by atoms with E-state index in [9.17, 15) is 4.79 Å². The van der Waals surface area contributed by atoms with Crippen molar-refractivity contribution in [1.29, 1.82) is 0 Å². The molecular formula is C18H23N3O. The summed E-state index contributed by atoms with van der Waals surface area (Å²) in [4.78, 5) is 18.5. The number of benzene rings is 1. The Labute approximate surface area is 132 Å². The lowest BCUT2D eigenvalue weighted by Crippen LogP contribution is -2.37. The van der Waals surface area contributed by atoms with Crippen molar-refractivity contribution in [2.45, 2.75) is 19.8 Å². The Bertz CT molecular complexity index is 581. The van der Waals surface area contributed by atoms with Crippen LogP contribution in [0.3, 0.4) is 0 Å². The Balaban J connectivity index is 1.94. The first-order valence-electron chi connectivity index (χ1n) is 7.62. The van der Waals surface area contributed by atoms with Crippen LogP contribution in [0.25, 0.3) is 0 Å².